The number of aromatic nitrogens is 2. The fourth-order valence-corrected chi connectivity index (χ4v) is 3.85. The molecule has 6 heteroatoms. The summed E-state index contributed by atoms with van der Waals surface area (Å²) in [6, 6.07) is 7.96. The number of carbonyl (C=O) groups excluding carboxylic acids is 1. The minimum atomic E-state index is 0.103. The van der Waals surface area contributed by atoms with Crippen LogP contribution in [0.25, 0.3) is 0 Å². The first-order valence-electron chi connectivity index (χ1n) is 8.55. The van der Waals surface area contributed by atoms with Crippen LogP contribution in [0, 0.1) is 0 Å². The zero-order chi connectivity index (χ0) is 16.5. The highest BCUT2D eigenvalue weighted by Crippen LogP contribution is 2.24. The molecule has 1 saturated heterocycles. The van der Waals surface area contributed by atoms with E-state index in [0.29, 0.717) is 6.54 Å². The molecule has 1 aromatic carbocycles. The van der Waals surface area contributed by atoms with Gasteiger partial charge in [-0.05, 0) is 37.0 Å². The normalized spacial score (nSPS) is 20.7. The number of carbonyl (C=O) groups is 1. The Labute approximate surface area is 146 Å². The summed E-state index contributed by atoms with van der Waals surface area (Å²) in [5, 5.41) is 8.60. The number of aryl methyl sites for hydroxylation is 1. The quantitative estimate of drug-likeness (QED) is 0.911. The van der Waals surface area contributed by atoms with E-state index in [4.69, 9.17) is 11.6 Å². The summed E-state index contributed by atoms with van der Waals surface area (Å²) in [6.07, 6.45) is 4.98. The van der Waals surface area contributed by atoms with Crippen LogP contribution >= 0.6 is 11.6 Å². The van der Waals surface area contributed by atoms with Gasteiger partial charge in [0.05, 0.1) is 23.5 Å². The van der Waals surface area contributed by atoms with Crippen LogP contribution in [0.4, 0.5) is 0 Å². The molecule has 2 aliphatic heterocycles. The second kappa shape index (κ2) is 6.57. The number of amides is 1. The molecule has 2 aromatic rings. The molecule has 0 bridgehead atoms. The molecular formula is C18H21ClN4O. The lowest BCUT2D eigenvalue weighted by atomic mass is 10.0. The molecule has 1 fully saturated rings. The summed E-state index contributed by atoms with van der Waals surface area (Å²) in [6.45, 7) is 3.09. The zero-order valence-electron chi connectivity index (χ0n) is 13.5. The van der Waals surface area contributed by atoms with E-state index in [-0.39, 0.29) is 11.9 Å². The van der Waals surface area contributed by atoms with Crippen LogP contribution in [0.15, 0.2) is 30.5 Å². The number of nitrogens with one attached hydrogen (secondary N) is 1. The number of piperazine rings is 1. The highest BCUT2D eigenvalue weighted by Gasteiger charge is 2.28. The van der Waals surface area contributed by atoms with Gasteiger partial charge in [0, 0.05) is 31.2 Å². The second-order valence-electron chi connectivity index (χ2n) is 6.50. The Morgan fingerprint density at radius 1 is 1.29 bits per heavy atom. The first-order chi connectivity index (χ1) is 11.7. The van der Waals surface area contributed by atoms with Crippen molar-refractivity contribution in [2.24, 2.45) is 0 Å². The minimum Gasteiger partial charge on any atom is -0.335 e. The van der Waals surface area contributed by atoms with Crippen molar-refractivity contribution >= 4 is 17.5 Å². The van der Waals surface area contributed by atoms with Gasteiger partial charge >= 0.3 is 0 Å². The molecule has 1 atom stereocenters. The van der Waals surface area contributed by atoms with Crippen molar-refractivity contribution in [1.29, 1.82) is 0 Å². The van der Waals surface area contributed by atoms with Crippen LogP contribution in [-0.4, -0.2) is 40.2 Å². The third-order valence-electron chi connectivity index (χ3n) is 4.93. The summed E-state index contributed by atoms with van der Waals surface area (Å²) in [5.41, 5.74) is 3.00. The number of fused-ring (bicyclic) bond motifs is 1. The number of hydrogen-bond donors (Lipinski definition) is 1. The lowest BCUT2D eigenvalue weighted by Gasteiger charge is -2.34. The molecular weight excluding hydrogens is 324 g/mol. The van der Waals surface area contributed by atoms with Gasteiger partial charge in [-0.2, -0.15) is 5.10 Å². The van der Waals surface area contributed by atoms with Gasteiger partial charge in [-0.3, -0.25) is 9.48 Å². The highest BCUT2D eigenvalue weighted by atomic mass is 35.5. The number of rotatable bonds is 2. The minimum absolute atomic E-state index is 0.103. The Kier molecular flexibility index (Phi) is 4.29. The molecule has 1 N–H and O–H groups in total. The lowest BCUT2D eigenvalue weighted by molar-refractivity contribution is 0.0701. The average Bonchev–Trinajstić information content (AvgIpc) is 3.05. The van der Waals surface area contributed by atoms with Gasteiger partial charge < -0.3 is 10.2 Å². The topological polar surface area (TPSA) is 50.2 Å². The van der Waals surface area contributed by atoms with Crippen molar-refractivity contribution in [3.63, 3.8) is 0 Å². The van der Waals surface area contributed by atoms with Crippen LogP contribution in [0.3, 0.4) is 0 Å². The largest absolute Gasteiger partial charge is 0.335 e. The van der Waals surface area contributed by atoms with Gasteiger partial charge in [-0.25, -0.2) is 0 Å². The molecule has 0 saturated carbocycles. The van der Waals surface area contributed by atoms with Gasteiger partial charge in [-0.1, -0.05) is 23.7 Å². The first kappa shape index (κ1) is 15.7. The van der Waals surface area contributed by atoms with Crippen LogP contribution in [-0.2, 0) is 13.0 Å². The molecule has 3 heterocycles. The molecule has 0 spiro atoms. The number of benzene rings is 1. The van der Waals surface area contributed by atoms with Crippen molar-refractivity contribution in [1.82, 2.24) is 20.0 Å². The molecule has 126 valence electrons. The van der Waals surface area contributed by atoms with Crippen molar-refractivity contribution in [3.05, 3.63) is 52.3 Å². The molecule has 4 rings (SSSR count). The van der Waals surface area contributed by atoms with E-state index in [9.17, 15) is 4.79 Å². The molecule has 1 amide bonds. The molecule has 0 aliphatic carbocycles. The Morgan fingerprint density at radius 2 is 2.21 bits per heavy atom. The SMILES string of the molecule is O=C(c1cnn2c1CCCC2)N1CCNC(c2cccc(Cl)c2)C1. The summed E-state index contributed by atoms with van der Waals surface area (Å²) >= 11 is 6.10. The van der Waals surface area contributed by atoms with E-state index in [1.54, 1.807) is 6.20 Å². The van der Waals surface area contributed by atoms with E-state index >= 15 is 0 Å². The van der Waals surface area contributed by atoms with E-state index in [1.165, 1.54) is 0 Å². The fraction of sp³-hybridized carbons (Fsp3) is 0.444. The first-order valence-corrected chi connectivity index (χ1v) is 8.93. The Bertz CT molecular complexity index is 757. The Hall–Kier alpha value is -1.85. The number of nitrogens with zero attached hydrogens (tertiary/aromatic N) is 3. The molecule has 5 nitrogen and oxygen atoms in total. The summed E-state index contributed by atoms with van der Waals surface area (Å²) in [4.78, 5) is 14.9. The van der Waals surface area contributed by atoms with Crippen molar-refractivity contribution in [3.8, 4) is 0 Å². The lowest BCUT2D eigenvalue weighted by Crippen LogP contribution is -2.48. The summed E-state index contributed by atoms with van der Waals surface area (Å²) in [7, 11) is 0. The van der Waals surface area contributed by atoms with Crippen LogP contribution in [0.5, 0.6) is 0 Å². The number of halogens is 1. The van der Waals surface area contributed by atoms with Gasteiger partial charge in [0.1, 0.15) is 0 Å². The van der Waals surface area contributed by atoms with E-state index in [2.05, 4.69) is 16.5 Å². The molecule has 2 aliphatic rings. The molecule has 1 aromatic heterocycles. The van der Waals surface area contributed by atoms with Crippen molar-refractivity contribution < 1.29 is 4.79 Å². The maximum absolute atomic E-state index is 13.0. The smallest absolute Gasteiger partial charge is 0.257 e. The monoisotopic (exact) mass is 344 g/mol. The fourth-order valence-electron chi connectivity index (χ4n) is 3.65. The van der Waals surface area contributed by atoms with Crippen LogP contribution in [0.2, 0.25) is 5.02 Å². The zero-order valence-corrected chi connectivity index (χ0v) is 14.3. The standard InChI is InChI=1S/C18H21ClN4O/c19-14-5-3-4-13(10-14)16-12-22(9-7-20-16)18(24)15-11-21-23-8-2-1-6-17(15)23/h3-5,10-11,16,20H,1-2,6-9,12H2. The number of hydrogen-bond acceptors (Lipinski definition) is 3. The second-order valence-corrected chi connectivity index (χ2v) is 6.93. The summed E-state index contributed by atoms with van der Waals surface area (Å²) < 4.78 is 1.99. The molecule has 0 radical (unpaired) electrons. The van der Waals surface area contributed by atoms with Crippen LogP contribution in [0.1, 0.15) is 40.5 Å². The summed E-state index contributed by atoms with van der Waals surface area (Å²) in [5.74, 6) is 0.103. The van der Waals surface area contributed by atoms with Gasteiger partial charge in [0.2, 0.25) is 0 Å². The maximum atomic E-state index is 13.0. The average molecular weight is 345 g/mol. The van der Waals surface area contributed by atoms with Gasteiger partial charge in [0.15, 0.2) is 0 Å². The Morgan fingerprint density at radius 3 is 3.08 bits per heavy atom. The Balaban J connectivity index is 1.54. The van der Waals surface area contributed by atoms with Gasteiger partial charge in [-0.15, -0.1) is 0 Å². The van der Waals surface area contributed by atoms with Crippen molar-refractivity contribution in [2.75, 3.05) is 19.6 Å². The highest BCUT2D eigenvalue weighted by molar-refractivity contribution is 6.30. The van der Waals surface area contributed by atoms with Crippen molar-refractivity contribution in [2.45, 2.75) is 31.8 Å². The third-order valence-corrected chi connectivity index (χ3v) is 5.16. The maximum Gasteiger partial charge on any atom is 0.257 e. The van der Waals surface area contributed by atoms with Crippen LogP contribution < -0.4 is 5.32 Å². The van der Waals surface area contributed by atoms with E-state index in [0.717, 1.165) is 60.7 Å². The predicted octanol–water partition coefficient (Wildman–Crippen LogP) is 2.66. The van der Waals surface area contributed by atoms with E-state index in [1.807, 2.05) is 27.8 Å². The molecule has 1 unspecified atom stereocenters. The van der Waals surface area contributed by atoms with E-state index < -0.39 is 0 Å². The predicted molar refractivity (Wildman–Crippen MR) is 93.3 cm³/mol. The molecule has 24 heavy (non-hydrogen) atoms. The van der Waals surface area contributed by atoms with Gasteiger partial charge in [0.25, 0.3) is 5.91 Å². The third kappa shape index (κ3) is 2.94.